The first-order valence-electron chi connectivity index (χ1n) is 6.49. The number of aliphatic hydroxyl groups excluding tert-OH is 1. The SMILES string of the molecule is CCOC(=O)C(O)c1cccc(N2CCOCC2)c1. The van der Waals surface area contributed by atoms with Crippen LogP contribution in [0.15, 0.2) is 24.3 Å². The third-order valence-electron chi connectivity index (χ3n) is 3.07. The minimum absolute atomic E-state index is 0.263. The van der Waals surface area contributed by atoms with E-state index in [1.165, 1.54) is 0 Å². The molecule has 0 radical (unpaired) electrons. The summed E-state index contributed by atoms with van der Waals surface area (Å²) in [5.41, 5.74) is 1.55. The highest BCUT2D eigenvalue weighted by molar-refractivity contribution is 5.76. The van der Waals surface area contributed by atoms with Gasteiger partial charge in [-0.1, -0.05) is 12.1 Å². The van der Waals surface area contributed by atoms with Crippen LogP contribution in [0.2, 0.25) is 0 Å². The van der Waals surface area contributed by atoms with Gasteiger partial charge in [-0.2, -0.15) is 0 Å². The van der Waals surface area contributed by atoms with Gasteiger partial charge in [-0.05, 0) is 24.6 Å². The second kappa shape index (κ2) is 6.54. The Morgan fingerprint density at radius 3 is 2.89 bits per heavy atom. The summed E-state index contributed by atoms with van der Waals surface area (Å²) in [5.74, 6) is -0.610. The number of carbonyl (C=O) groups excluding carboxylic acids is 1. The number of anilines is 1. The van der Waals surface area contributed by atoms with Gasteiger partial charge in [0.05, 0.1) is 19.8 Å². The molecule has 104 valence electrons. The molecule has 1 aromatic carbocycles. The molecule has 1 heterocycles. The molecule has 0 amide bonds. The Morgan fingerprint density at radius 2 is 2.21 bits per heavy atom. The Labute approximate surface area is 112 Å². The van der Waals surface area contributed by atoms with Crippen LogP contribution in [0.3, 0.4) is 0 Å². The highest BCUT2D eigenvalue weighted by Crippen LogP contribution is 2.22. The molecule has 0 aromatic heterocycles. The molecular weight excluding hydrogens is 246 g/mol. The fourth-order valence-corrected chi connectivity index (χ4v) is 2.07. The number of carbonyl (C=O) groups is 1. The van der Waals surface area contributed by atoms with Gasteiger partial charge < -0.3 is 19.5 Å². The Balaban J connectivity index is 2.11. The van der Waals surface area contributed by atoms with Crippen LogP contribution in [-0.4, -0.2) is 44.0 Å². The molecule has 19 heavy (non-hydrogen) atoms. The average molecular weight is 265 g/mol. The summed E-state index contributed by atoms with van der Waals surface area (Å²) in [5, 5.41) is 9.93. The lowest BCUT2D eigenvalue weighted by atomic mass is 10.1. The molecule has 1 saturated heterocycles. The van der Waals surface area contributed by atoms with E-state index >= 15 is 0 Å². The summed E-state index contributed by atoms with van der Waals surface area (Å²) < 4.78 is 10.1. The van der Waals surface area contributed by atoms with Crippen LogP contribution < -0.4 is 4.90 Å². The summed E-state index contributed by atoms with van der Waals surface area (Å²) in [7, 11) is 0. The van der Waals surface area contributed by atoms with Gasteiger partial charge in [0.2, 0.25) is 0 Å². The quantitative estimate of drug-likeness (QED) is 0.827. The van der Waals surface area contributed by atoms with Gasteiger partial charge >= 0.3 is 5.97 Å². The van der Waals surface area contributed by atoms with E-state index in [4.69, 9.17) is 9.47 Å². The summed E-state index contributed by atoms with van der Waals surface area (Å²) in [6.45, 7) is 5.01. The number of benzene rings is 1. The lowest BCUT2D eigenvalue weighted by Gasteiger charge is -2.29. The van der Waals surface area contributed by atoms with Gasteiger partial charge in [0.15, 0.2) is 6.10 Å². The van der Waals surface area contributed by atoms with Gasteiger partial charge in [0.1, 0.15) is 0 Å². The van der Waals surface area contributed by atoms with Crippen molar-refractivity contribution in [3.63, 3.8) is 0 Å². The second-order valence-corrected chi connectivity index (χ2v) is 4.35. The van der Waals surface area contributed by atoms with E-state index < -0.39 is 12.1 Å². The molecule has 1 aromatic rings. The zero-order valence-electron chi connectivity index (χ0n) is 11.0. The van der Waals surface area contributed by atoms with Crippen molar-refractivity contribution in [2.75, 3.05) is 37.8 Å². The van der Waals surface area contributed by atoms with Gasteiger partial charge in [-0.15, -0.1) is 0 Å². The van der Waals surface area contributed by atoms with Crippen LogP contribution in [0, 0.1) is 0 Å². The fraction of sp³-hybridized carbons (Fsp3) is 0.500. The van der Waals surface area contributed by atoms with E-state index in [0.717, 1.165) is 18.8 Å². The number of ether oxygens (including phenoxy) is 2. The van der Waals surface area contributed by atoms with Gasteiger partial charge in [0, 0.05) is 18.8 Å². The van der Waals surface area contributed by atoms with E-state index in [-0.39, 0.29) is 6.61 Å². The summed E-state index contributed by atoms with van der Waals surface area (Å²) >= 11 is 0. The first kappa shape index (κ1) is 13.8. The van der Waals surface area contributed by atoms with Crippen molar-refractivity contribution in [3.8, 4) is 0 Å². The molecule has 0 bridgehead atoms. The Morgan fingerprint density at radius 1 is 1.47 bits per heavy atom. The van der Waals surface area contributed by atoms with Crippen molar-refractivity contribution in [1.82, 2.24) is 0 Å². The van der Waals surface area contributed by atoms with Crippen molar-refractivity contribution in [3.05, 3.63) is 29.8 Å². The summed E-state index contributed by atoms with van der Waals surface area (Å²) in [4.78, 5) is 13.7. The molecule has 1 N–H and O–H groups in total. The predicted molar refractivity (Wildman–Crippen MR) is 71.1 cm³/mol. The van der Waals surface area contributed by atoms with Crippen LogP contribution in [0.25, 0.3) is 0 Å². The molecule has 0 saturated carbocycles. The molecule has 1 unspecified atom stereocenters. The standard InChI is InChI=1S/C14H19NO4/c1-2-19-14(17)13(16)11-4-3-5-12(10-11)15-6-8-18-9-7-15/h3-5,10,13,16H,2,6-9H2,1H3. The second-order valence-electron chi connectivity index (χ2n) is 4.35. The third kappa shape index (κ3) is 3.45. The average Bonchev–Trinajstić information content (AvgIpc) is 2.48. The minimum atomic E-state index is -1.22. The lowest BCUT2D eigenvalue weighted by molar-refractivity contribution is -0.153. The van der Waals surface area contributed by atoms with Crippen LogP contribution in [0.5, 0.6) is 0 Å². The minimum Gasteiger partial charge on any atom is -0.464 e. The number of aliphatic hydroxyl groups is 1. The van der Waals surface area contributed by atoms with E-state index in [9.17, 15) is 9.90 Å². The smallest absolute Gasteiger partial charge is 0.339 e. The van der Waals surface area contributed by atoms with Crippen LogP contribution in [-0.2, 0) is 14.3 Å². The third-order valence-corrected chi connectivity index (χ3v) is 3.07. The number of hydrogen-bond acceptors (Lipinski definition) is 5. The van der Waals surface area contributed by atoms with E-state index in [1.807, 2.05) is 18.2 Å². The molecule has 0 spiro atoms. The largest absolute Gasteiger partial charge is 0.464 e. The molecule has 5 heteroatoms. The highest BCUT2D eigenvalue weighted by atomic mass is 16.5. The van der Waals surface area contributed by atoms with Crippen molar-refractivity contribution < 1.29 is 19.4 Å². The maximum absolute atomic E-state index is 11.5. The van der Waals surface area contributed by atoms with Gasteiger partial charge in [-0.3, -0.25) is 0 Å². The fourth-order valence-electron chi connectivity index (χ4n) is 2.07. The molecule has 1 aliphatic heterocycles. The van der Waals surface area contributed by atoms with Crippen LogP contribution in [0.1, 0.15) is 18.6 Å². The zero-order chi connectivity index (χ0) is 13.7. The first-order valence-corrected chi connectivity index (χ1v) is 6.49. The predicted octanol–water partition coefficient (Wildman–Crippen LogP) is 1.12. The van der Waals surface area contributed by atoms with Gasteiger partial charge in [-0.25, -0.2) is 4.79 Å². The highest BCUT2D eigenvalue weighted by Gasteiger charge is 2.20. The normalized spacial score (nSPS) is 17.1. The molecule has 1 aliphatic rings. The summed E-state index contributed by atoms with van der Waals surface area (Å²) in [6, 6.07) is 7.35. The number of rotatable bonds is 4. The zero-order valence-corrected chi connectivity index (χ0v) is 11.0. The van der Waals surface area contributed by atoms with Crippen molar-refractivity contribution >= 4 is 11.7 Å². The van der Waals surface area contributed by atoms with Crippen LogP contribution in [0.4, 0.5) is 5.69 Å². The Bertz CT molecular complexity index is 429. The van der Waals surface area contributed by atoms with E-state index in [0.29, 0.717) is 18.8 Å². The Hall–Kier alpha value is -1.59. The van der Waals surface area contributed by atoms with Crippen molar-refractivity contribution in [2.45, 2.75) is 13.0 Å². The van der Waals surface area contributed by atoms with Crippen LogP contribution >= 0.6 is 0 Å². The lowest BCUT2D eigenvalue weighted by Crippen LogP contribution is -2.36. The number of esters is 1. The van der Waals surface area contributed by atoms with Crippen molar-refractivity contribution in [2.24, 2.45) is 0 Å². The van der Waals surface area contributed by atoms with Crippen molar-refractivity contribution in [1.29, 1.82) is 0 Å². The molecule has 0 aliphatic carbocycles. The molecular formula is C14H19NO4. The number of morpholine rings is 1. The van der Waals surface area contributed by atoms with E-state index in [1.54, 1.807) is 13.0 Å². The molecule has 2 rings (SSSR count). The number of hydrogen-bond donors (Lipinski definition) is 1. The molecule has 1 atom stereocenters. The molecule has 1 fully saturated rings. The van der Waals surface area contributed by atoms with Gasteiger partial charge in [0.25, 0.3) is 0 Å². The van der Waals surface area contributed by atoms with E-state index in [2.05, 4.69) is 4.90 Å². The maximum atomic E-state index is 11.5. The first-order chi connectivity index (χ1) is 9.22. The monoisotopic (exact) mass is 265 g/mol. The Kier molecular flexibility index (Phi) is 4.76. The summed E-state index contributed by atoms with van der Waals surface area (Å²) in [6.07, 6.45) is -1.22. The maximum Gasteiger partial charge on any atom is 0.339 e. The number of nitrogens with zero attached hydrogens (tertiary/aromatic N) is 1. The molecule has 5 nitrogen and oxygen atoms in total. The topological polar surface area (TPSA) is 59.0 Å².